The monoisotopic (exact) mass is 609 g/mol. The number of fused-ring (bicyclic) bond motifs is 1. The van der Waals surface area contributed by atoms with E-state index in [1.165, 1.54) is 31.3 Å². The third-order valence-corrected chi connectivity index (χ3v) is 7.76. The molecule has 9 heteroatoms. The molecule has 1 N–H and O–H groups in total. The lowest BCUT2D eigenvalue weighted by atomic mass is 10.1. The molecule has 8 nitrogen and oxygen atoms in total. The quantitative estimate of drug-likeness (QED) is 0.171. The molecule has 0 aliphatic rings. The maximum atomic E-state index is 14.2. The second kappa shape index (κ2) is 14.4. The topological polar surface area (TPSA) is 84.1 Å². The molecular formula is C36H36FN3O5. The molecule has 1 aromatic heterocycles. The van der Waals surface area contributed by atoms with E-state index in [2.05, 4.69) is 11.1 Å². The van der Waals surface area contributed by atoms with E-state index in [0.717, 1.165) is 22.0 Å². The van der Waals surface area contributed by atoms with Crippen LogP contribution in [0.3, 0.4) is 0 Å². The molecule has 5 rings (SSSR count). The van der Waals surface area contributed by atoms with Gasteiger partial charge in [-0.15, -0.1) is 0 Å². The van der Waals surface area contributed by atoms with Crippen molar-refractivity contribution >= 4 is 22.7 Å². The number of carbonyl (C=O) groups excluding carboxylic acids is 2. The van der Waals surface area contributed by atoms with Crippen molar-refractivity contribution in [2.75, 3.05) is 34.4 Å². The van der Waals surface area contributed by atoms with Gasteiger partial charge in [0, 0.05) is 47.9 Å². The van der Waals surface area contributed by atoms with Gasteiger partial charge in [0.25, 0.3) is 5.91 Å². The smallest absolute Gasteiger partial charge is 0.254 e. The van der Waals surface area contributed by atoms with Crippen LogP contribution in [0.4, 0.5) is 4.39 Å². The molecular weight excluding hydrogens is 573 g/mol. The van der Waals surface area contributed by atoms with Gasteiger partial charge in [0.1, 0.15) is 18.1 Å². The van der Waals surface area contributed by atoms with Gasteiger partial charge in [-0.25, -0.2) is 4.39 Å². The van der Waals surface area contributed by atoms with Crippen molar-refractivity contribution in [3.63, 3.8) is 0 Å². The van der Waals surface area contributed by atoms with Crippen molar-refractivity contribution in [2.24, 2.45) is 0 Å². The zero-order chi connectivity index (χ0) is 31.8. The number of hydrogen-bond donors (Lipinski definition) is 1. The molecule has 0 fully saturated rings. The maximum absolute atomic E-state index is 14.2. The zero-order valence-corrected chi connectivity index (χ0v) is 25.6. The second-order valence-electron chi connectivity index (χ2n) is 10.6. The molecule has 0 unspecified atom stereocenters. The van der Waals surface area contributed by atoms with Crippen molar-refractivity contribution in [1.82, 2.24) is 14.8 Å². The van der Waals surface area contributed by atoms with E-state index in [1.807, 2.05) is 48.7 Å². The van der Waals surface area contributed by atoms with Gasteiger partial charge in [-0.2, -0.15) is 0 Å². The first kappa shape index (κ1) is 31.1. The molecule has 232 valence electrons. The van der Waals surface area contributed by atoms with Crippen LogP contribution in [-0.4, -0.2) is 61.0 Å². The number of methoxy groups -OCH3 is 3. The van der Waals surface area contributed by atoms with Crippen LogP contribution in [0.25, 0.3) is 10.9 Å². The lowest BCUT2D eigenvalue weighted by Gasteiger charge is -2.28. The number of carbonyl (C=O) groups is 2. The molecule has 0 saturated carbocycles. The van der Waals surface area contributed by atoms with Crippen molar-refractivity contribution in [1.29, 1.82) is 0 Å². The number of amides is 2. The van der Waals surface area contributed by atoms with Gasteiger partial charge in [0.2, 0.25) is 5.91 Å². The van der Waals surface area contributed by atoms with Crippen LogP contribution in [0.1, 0.15) is 27.0 Å². The van der Waals surface area contributed by atoms with Crippen LogP contribution in [-0.2, 0) is 24.3 Å². The van der Waals surface area contributed by atoms with Gasteiger partial charge in [-0.1, -0.05) is 48.5 Å². The fraction of sp³-hybridized carbons (Fsp3) is 0.222. The lowest BCUT2D eigenvalue weighted by molar-refractivity contribution is -0.132. The van der Waals surface area contributed by atoms with E-state index in [4.69, 9.17) is 14.2 Å². The Kier molecular flexibility index (Phi) is 9.99. The van der Waals surface area contributed by atoms with Crippen LogP contribution >= 0.6 is 0 Å². The number of benzene rings is 4. The summed E-state index contributed by atoms with van der Waals surface area (Å²) in [5, 5.41) is 1.10. The van der Waals surface area contributed by atoms with Crippen molar-refractivity contribution < 1.29 is 28.2 Å². The molecule has 0 saturated heterocycles. The molecule has 45 heavy (non-hydrogen) atoms. The Hall–Kier alpha value is -5.31. The summed E-state index contributed by atoms with van der Waals surface area (Å²) in [5.41, 5.74) is 3.99. The van der Waals surface area contributed by atoms with E-state index in [-0.39, 0.29) is 30.7 Å². The first-order valence-corrected chi connectivity index (χ1v) is 14.6. The third-order valence-electron chi connectivity index (χ3n) is 7.76. The van der Waals surface area contributed by atoms with Gasteiger partial charge < -0.3 is 29.0 Å². The van der Waals surface area contributed by atoms with Gasteiger partial charge in [-0.05, 0) is 60.0 Å². The van der Waals surface area contributed by atoms with Crippen LogP contribution in [0.15, 0.2) is 97.2 Å². The number of nitrogens with zero attached hydrogens (tertiary/aromatic N) is 2. The maximum Gasteiger partial charge on any atom is 0.254 e. The summed E-state index contributed by atoms with van der Waals surface area (Å²) in [6.07, 6.45) is 2.57. The Labute approximate surface area is 261 Å². The van der Waals surface area contributed by atoms with E-state index >= 15 is 0 Å². The predicted molar refractivity (Wildman–Crippen MR) is 171 cm³/mol. The Morgan fingerprint density at radius 1 is 0.733 bits per heavy atom. The molecule has 2 amide bonds. The Balaban J connectivity index is 1.44. The van der Waals surface area contributed by atoms with E-state index in [1.54, 1.807) is 42.3 Å². The van der Waals surface area contributed by atoms with Gasteiger partial charge in [0.05, 0.1) is 21.3 Å². The Morgan fingerprint density at radius 3 is 2.20 bits per heavy atom. The van der Waals surface area contributed by atoms with Crippen LogP contribution in [0, 0.1) is 5.82 Å². The predicted octanol–water partition coefficient (Wildman–Crippen LogP) is 6.25. The normalized spacial score (nSPS) is 10.8. The molecule has 0 aliphatic carbocycles. The minimum absolute atomic E-state index is 0.101. The molecule has 1 heterocycles. The van der Waals surface area contributed by atoms with Gasteiger partial charge in [-0.3, -0.25) is 9.59 Å². The molecule has 4 aromatic carbocycles. The minimum atomic E-state index is -0.382. The third kappa shape index (κ3) is 7.44. The summed E-state index contributed by atoms with van der Waals surface area (Å²) < 4.78 is 30.0. The fourth-order valence-electron chi connectivity index (χ4n) is 5.35. The molecule has 0 radical (unpaired) electrons. The first-order valence-electron chi connectivity index (χ1n) is 14.6. The van der Waals surface area contributed by atoms with Crippen LogP contribution < -0.4 is 14.2 Å². The van der Waals surface area contributed by atoms with Crippen molar-refractivity contribution in [2.45, 2.75) is 19.5 Å². The number of rotatable bonds is 13. The summed E-state index contributed by atoms with van der Waals surface area (Å²) in [6.45, 7) is 0.603. The highest BCUT2D eigenvalue weighted by Gasteiger charge is 2.25. The highest BCUT2D eigenvalue weighted by Crippen LogP contribution is 2.29. The van der Waals surface area contributed by atoms with E-state index < -0.39 is 0 Å². The Morgan fingerprint density at radius 2 is 1.44 bits per heavy atom. The largest absolute Gasteiger partial charge is 0.496 e. The van der Waals surface area contributed by atoms with Crippen LogP contribution in [0.2, 0.25) is 0 Å². The van der Waals surface area contributed by atoms with Crippen molar-refractivity contribution in [3.8, 4) is 17.2 Å². The van der Waals surface area contributed by atoms with Gasteiger partial charge in [0.15, 0.2) is 11.5 Å². The standard InChI is InChI=1S/C36H36FN3O5/c1-43-32-11-7-4-8-28(32)23-39(19-18-27-21-38-31-10-6-5-9-30(27)31)35(41)24-40(22-25-12-15-29(37)16-13-25)36(42)26-14-17-33(44-2)34(20-26)45-3/h4-17,20-21,38H,18-19,22-24H2,1-3H3. The summed E-state index contributed by atoms with van der Waals surface area (Å²) in [7, 11) is 4.62. The van der Waals surface area contributed by atoms with Crippen LogP contribution in [0.5, 0.6) is 17.2 Å². The average molecular weight is 610 g/mol. The number of ether oxygens (including phenoxy) is 3. The second-order valence-corrected chi connectivity index (χ2v) is 10.6. The van der Waals surface area contributed by atoms with Crippen molar-refractivity contribution in [3.05, 3.63) is 125 Å². The number of para-hydroxylation sites is 2. The average Bonchev–Trinajstić information content (AvgIpc) is 3.49. The fourth-order valence-corrected chi connectivity index (χ4v) is 5.35. The highest BCUT2D eigenvalue weighted by atomic mass is 19.1. The summed E-state index contributed by atoms with van der Waals surface area (Å²) in [5.74, 6) is 0.558. The number of aromatic nitrogens is 1. The molecule has 5 aromatic rings. The summed E-state index contributed by atoms with van der Waals surface area (Å²) in [6, 6.07) is 26.4. The van der Waals surface area contributed by atoms with E-state index in [0.29, 0.717) is 47.9 Å². The molecule has 0 atom stereocenters. The first-order chi connectivity index (χ1) is 21.9. The molecule has 0 aliphatic heterocycles. The number of nitrogens with one attached hydrogen (secondary N) is 1. The lowest BCUT2D eigenvalue weighted by Crippen LogP contribution is -2.43. The number of aromatic amines is 1. The van der Waals surface area contributed by atoms with Gasteiger partial charge >= 0.3 is 0 Å². The number of hydrogen-bond acceptors (Lipinski definition) is 5. The zero-order valence-electron chi connectivity index (χ0n) is 25.6. The highest BCUT2D eigenvalue weighted by molar-refractivity contribution is 5.97. The minimum Gasteiger partial charge on any atom is -0.496 e. The molecule has 0 bridgehead atoms. The van der Waals surface area contributed by atoms with E-state index in [9.17, 15) is 14.0 Å². The number of H-pyrrole nitrogens is 1. The molecule has 0 spiro atoms. The number of halogens is 1. The summed E-state index contributed by atoms with van der Waals surface area (Å²) in [4.78, 5) is 34.6. The SMILES string of the molecule is COc1ccccc1CN(CCc1c[nH]c2ccccc12)C(=O)CN(Cc1ccc(F)cc1)C(=O)c1ccc(OC)c(OC)c1. The Bertz CT molecular complexity index is 1770. The summed E-state index contributed by atoms with van der Waals surface area (Å²) >= 11 is 0.